The van der Waals surface area contributed by atoms with Gasteiger partial charge in [-0.3, -0.25) is 0 Å². The van der Waals surface area contributed by atoms with E-state index in [9.17, 15) is 0 Å². The van der Waals surface area contributed by atoms with Crippen molar-refractivity contribution in [2.75, 3.05) is 5.32 Å². The molecule has 0 aliphatic heterocycles. The summed E-state index contributed by atoms with van der Waals surface area (Å²) in [6.07, 6.45) is 0.958. The lowest BCUT2D eigenvalue weighted by atomic mass is 10.0. The number of halogens is 1. The van der Waals surface area contributed by atoms with Crippen molar-refractivity contribution in [1.29, 1.82) is 0 Å². The third kappa shape index (κ3) is 3.11. The molecule has 4 heteroatoms. The van der Waals surface area contributed by atoms with E-state index < -0.39 is 0 Å². The van der Waals surface area contributed by atoms with Gasteiger partial charge in [-0.15, -0.1) is 0 Å². The van der Waals surface area contributed by atoms with Gasteiger partial charge in [0.25, 0.3) is 0 Å². The SMILES string of the molecule is CCc1cccc(C)c1Nc1ccc(Cl)cc1C(N)=S. The van der Waals surface area contributed by atoms with Crippen LogP contribution >= 0.6 is 23.8 Å². The lowest BCUT2D eigenvalue weighted by molar-refractivity contribution is 1.13. The van der Waals surface area contributed by atoms with Crippen molar-refractivity contribution in [2.24, 2.45) is 5.73 Å². The van der Waals surface area contributed by atoms with E-state index in [2.05, 4.69) is 37.4 Å². The van der Waals surface area contributed by atoms with Gasteiger partial charge >= 0.3 is 0 Å². The second-order valence-electron chi connectivity index (χ2n) is 4.64. The first-order valence-electron chi connectivity index (χ1n) is 6.47. The summed E-state index contributed by atoms with van der Waals surface area (Å²) in [5.74, 6) is 0. The topological polar surface area (TPSA) is 38.0 Å². The molecule has 2 rings (SSSR count). The molecule has 0 aliphatic rings. The average Bonchev–Trinajstić information content (AvgIpc) is 2.42. The van der Waals surface area contributed by atoms with E-state index in [0.29, 0.717) is 10.0 Å². The van der Waals surface area contributed by atoms with Gasteiger partial charge in [0, 0.05) is 22.0 Å². The van der Waals surface area contributed by atoms with Crippen LogP contribution in [0.4, 0.5) is 11.4 Å². The lowest BCUT2D eigenvalue weighted by Crippen LogP contribution is -2.12. The highest BCUT2D eigenvalue weighted by atomic mass is 35.5. The number of nitrogens with two attached hydrogens (primary N) is 1. The Balaban J connectivity index is 2.48. The van der Waals surface area contributed by atoms with Crippen LogP contribution in [0.1, 0.15) is 23.6 Å². The summed E-state index contributed by atoms with van der Waals surface area (Å²) in [6.45, 7) is 4.22. The minimum Gasteiger partial charge on any atom is -0.389 e. The van der Waals surface area contributed by atoms with Gasteiger partial charge < -0.3 is 11.1 Å². The molecule has 2 nitrogen and oxygen atoms in total. The lowest BCUT2D eigenvalue weighted by Gasteiger charge is -2.16. The molecule has 0 atom stereocenters. The maximum absolute atomic E-state index is 6.01. The zero-order chi connectivity index (χ0) is 14.7. The Bertz CT molecular complexity index is 653. The van der Waals surface area contributed by atoms with Gasteiger partial charge in [0.15, 0.2) is 0 Å². The number of hydrogen-bond donors (Lipinski definition) is 2. The first kappa shape index (κ1) is 14.8. The molecule has 0 heterocycles. The van der Waals surface area contributed by atoms with Crippen molar-refractivity contribution in [3.63, 3.8) is 0 Å². The van der Waals surface area contributed by atoms with E-state index in [1.54, 1.807) is 6.07 Å². The van der Waals surface area contributed by atoms with Gasteiger partial charge in [-0.05, 0) is 42.7 Å². The van der Waals surface area contributed by atoms with Crippen LogP contribution in [0.5, 0.6) is 0 Å². The summed E-state index contributed by atoms with van der Waals surface area (Å²) in [5, 5.41) is 4.07. The normalized spacial score (nSPS) is 10.3. The fourth-order valence-electron chi connectivity index (χ4n) is 2.17. The number of rotatable bonds is 4. The van der Waals surface area contributed by atoms with Crippen LogP contribution < -0.4 is 11.1 Å². The van der Waals surface area contributed by atoms with Crippen LogP contribution in [-0.2, 0) is 6.42 Å². The van der Waals surface area contributed by atoms with Crippen LogP contribution in [-0.4, -0.2) is 4.99 Å². The smallest absolute Gasteiger partial charge is 0.106 e. The Kier molecular flexibility index (Phi) is 4.63. The molecule has 0 aliphatic carbocycles. The van der Waals surface area contributed by atoms with Gasteiger partial charge in [0.2, 0.25) is 0 Å². The van der Waals surface area contributed by atoms with E-state index in [4.69, 9.17) is 29.6 Å². The molecule has 0 radical (unpaired) electrons. The number of hydrogen-bond acceptors (Lipinski definition) is 2. The Morgan fingerprint density at radius 2 is 2.05 bits per heavy atom. The van der Waals surface area contributed by atoms with Crippen LogP contribution in [0.3, 0.4) is 0 Å². The monoisotopic (exact) mass is 304 g/mol. The van der Waals surface area contributed by atoms with Crippen molar-refractivity contribution in [1.82, 2.24) is 0 Å². The highest BCUT2D eigenvalue weighted by Gasteiger charge is 2.10. The molecule has 104 valence electrons. The highest BCUT2D eigenvalue weighted by molar-refractivity contribution is 7.80. The molecular formula is C16H17ClN2S. The highest BCUT2D eigenvalue weighted by Crippen LogP contribution is 2.29. The van der Waals surface area contributed by atoms with Crippen LogP contribution in [0.15, 0.2) is 36.4 Å². The number of nitrogens with one attached hydrogen (secondary N) is 1. The standard InChI is InChI=1S/C16H17ClN2S/c1-3-11-6-4-5-10(2)15(11)19-14-8-7-12(17)9-13(14)16(18)20/h4-9,19H,3H2,1-2H3,(H2,18,20). The summed E-state index contributed by atoms with van der Waals surface area (Å²) >= 11 is 11.1. The van der Waals surface area contributed by atoms with E-state index in [1.807, 2.05) is 12.1 Å². The first-order valence-corrected chi connectivity index (χ1v) is 7.26. The number of anilines is 2. The van der Waals surface area contributed by atoms with Crippen molar-refractivity contribution >= 4 is 40.2 Å². The first-order chi connectivity index (χ1) is 9.52. The minimum absolute atomic E-state index is 0.335. The molecular weight excluding hydrogens is 288 g/mol. The predicted molar refractivity (Wildman–Crippen MR) is 91.2 cm³/mol. The molecule has 0 fully saturated rings. The second kappa shape index (κ2) is 6.25. The molecule has 0 unspecified atom stereocenters. The van der Waals surface area contributed by atoms with E-state index >= 15 is 0 Å². The summed E-state index contributed by atoms with van der Waals surface area (Å²) < 4.78 is 0. The van der Waals surface area contributed by atoms with Crippen molar-refractivity contribution in [3.8, 4) is 0 Å². The molecule has 2 aromatic carbocycles. The third-order valence-electron chi connectivity index (χ3n) is 3.25. The minimum atomic E-state index is 0.335. The Labute approximate surface area is 130 Å². The zero-order valence-electron chi connectivity index (χ0n) is 11.5. The summed E-state index contributed by atoms with van der Waals surface area (Å²) in [4.78, 5) is 0.335. The maximum atomic E-state index is 6.01. The van der Waals surface area contributed by atoms with Crippen LogP contribution in [0.25, 0.3) is 0 Å². The van der Waals surface area contributed by atoms with E-state index in [0.717, 1.165) is 23.4 Å². The van der Waals surface area contributed by atoms with E-state index in [-0.39, 0.29) is 0 Å². The van der Waals surface area contributed by atoms with Crippen molar-refractivity contribution in [2.45, 2.75) is 20.3 Å². The molecule has 0 aromatic heterocycles. The molecule has 0 saturated carbocycles. The zero-order valence-corrected chi connectivity index (χ0v) is 13.1. The molecule has 0 bridgehead atoms. The molecule has 3 N–H and O–H groups in total. The molecule has 0 saturated heterocycles. The fourth-order valence-corrected chi connectivity index (χ4v) is 2.51. The van der Waals surface area contributed by atoms with Crippen LogP contribution in [0.2, 0.25) is 5.02 Å². The molecule has 2 aromatic rings. The van der Waals surface area contributed by atoms with Gasteiger partial charge in [0.05, 0.1) is 0 Å². The summed E-state index contributed by atoms with van der Waals surface area (Å²) in [7, 11) is 0. The quantitative estimate of drug-likeness (QED) is 0.811. The average molecular weight is 305 g/mol. The second-order valence-corrected chi connectivity index (χ2v) is 5.52. The summed E-state index contributed by atoms with van der Waals surface area (Å²) in [6, 6.07) is 11.8. The number of benzene rings is 2. The van der Waals surface area contributed by atoms with Gasteiger partial charge in [0.1, 0.15) is 4.99 Å². The molecule has 0 amide bonds. The molecule has 20 heavy (non-hydrogen) atoms. The Morgan fingerprint density at radius 1 is 1.30 bits per heavy atom. The largest absolute Gasteiger partial charge is 0.389 e. The number of para-hydroxylation sites is 1. The van der Waals surface area contributed by atoms with Crippen molar-refractivity contribution < 1.29 is 0 Å². The Hall–Kier alpha value is -1.58. The summed E-state index contributed by atoms with van der Waals surface area (Å²) in [5.41, 5.74) is 11.0. The van der Waals surface area contributed by atoms with Crippen molar-refractivity contribution in [3.05, 3.63) is 58.1 Å². The van der Waals surface area contributed by atoms with Gasteiger partial charge in [-0.1, -0.05) is 48.9 Å². The fraction of sp³-hybridized carbons (Fsp3) is 0.188. The number of aryl methyl sites for hydroxylation is 2. The maximum Gasteiger partial charge on any atom is 0.106 e. The van der Waals surface area contributed by atoms with Gasteiger partial charge in [-0.2, -0.15) is 0 Å². The number of thiocarbonyl (C=S) groups is 1. The van der Waals surface area contributed by atoms with Crippen LogP contribution in [0, 0.1) is 6.92 Å². The molecule has 0 spiro atoms. The van der Waals surface area contributed by atoms with E-state index in [1.165, 1.54) is 11.1 Å². The van der Waals surface area contributed by atoms with Gasteiger partial charge in [-0.25, -0.2) is 0 Å². The Morgan fingerprint density at radius 3 is 2.70 bits per heavy atom. The predicted octanol–water partition coefficient (Wildman–Crippen LogP) is 4.59. The third-order valence-corrected chi connectivity index (χ3v) is 3.70.